The lowest BCUT2D eigenvalue weighted by Gasteiger charge is -2.22. The van der Waals surface area contributed by atoms with Crippen LogP contribution in [0.5, 0.6) is 40.2 Å². The summed E-state index contributed by atoms with van der Waals surface area (Å²) in [4.78, 5) is 13.5. The molecule has 8 nitrogen and oxygen atoms in total. The maximum absolute atomic E-state index is 13.5. The molecule has 0 N–H and O–H groups in total. The Labute approximate surface area is 163 Å². The van der Waals surface area contributed by atoms with Crippen molar-refractivity contribution in [1.82, 2.24) is 0 Å². The molecule has 0 saturated carbocycles. The van der Waals surface area contributed by atoms with E-state index in [2.05, 4.69) is 0 Å². The fourth-order valence-corrected chi connectivity index (χ4v) is 2.99. The van der Waals surface area contributed by atoms with Gasteiger partial charge in [0.2, 0.25) is 23.0 Å². The van der Waals surface area contributed by atoms with Crippen LogP contribution in [-0.4, -0.2) is 55.6 Å². The Morgan fingerprint density at radius 3 is 1.39 bits per heavy atom. The highest BCUT2D eigenvalue weighted by atomic mass is 16.6. The second kappa shape index (κ2) is 9.07. The van der Waals surface area contributed by atoms with Crippen molar-refractivity contribution < 1.29 is 38.0 Å². The monoisotopic (exact) mass is 392 g/mol. The van der Waals surface area contributed by atoms with Crippen molar-refractivity contribution in [1.29, 1.82) is 0 Å². The lowest BCUT2D eigenvalue weighted by molar-refractivity contribution is 0.102. The number of ether oxygens (including phenoxy) is 7. The molecule has 0 fully saturated rings. The van der Waals surface area contributed by atoms with Gasteiger partial charge in [-0.05, 0) is 12.1 Å². The number of carbonyl (C=O) groups excluding carboxylic acids is 1. The summed E-state index contributed by atoms with van der Waals surface area (Å²) >= 11 is 0. The van der Waals surface area contributed by atoms with Gasteiger partial charge in [0.25, 0.3) is 0 Å². The molecule has 152 valence electrons. The van der Waals surface area contributed by atoms with Crippen LogP contribution in [0.15, 0.2) is 18.2 Å². The molecule has 0 radical (unpaired) electrons. The Morgan fingerprint density at radius 2 is 1.00 bits per heavy atom. The van der Waals surface area contributed by atoms with Crippen molar-refractivity contribution in [2.75, 3.05) is 49.8 Å². The quantitative estimate of drug-likeness (QED) is 0.603. The molecule has 0 aromatic heterocycles. The lowest BCUT2D eigenvalue weighted by Crippen LogP contribution is -2.11. The molecule has 0 unspecified atom stereocenters. The fraction of sp³-hybridized carbons (Fsp3) is 0.350. The number of benzene rings is 2. The van der Waals surface area contributed by atoms with Gasteiger partial charge in [-0.2, -0.15) is 0 Å². The summed E-state index contributed by atoms with van der Waals surface area (Å²) < 4.78 is 37.9. The molecule has 0 bridgehead atoms. The molecular weight excluding hydrogens is 368 g/mol. The van der Waals surface area contributed by atoms with E-state index < -0.39 is 5.78 Å². The smallest absolute Gasteiger partial charge is 0.211 e. The molecule has 2 aromatic carbocycles. The van der Waals surface area contributed by atoms with Crippen LogP contribution in [0.4, 0.5) is 0 Å². The maximum atomic E-state index is 13.5. The predicted molar refractivity (Wildman–Crippen MR) is 102 cm³/mol. The van der Waals surface area contributed by atoms with Crippen molar-refractivity contribution >= 4 is 5.78 Å². The summed E-state index contributed by atoms with van der Waals surface area (Å²) in [5, 5.41) is 0. The van der Waals surface area contributed by atoms with E-state index in [0.29, 0.717) is 5.75 Å². The Balaban J connectivity index is 2.90. The molecule has 0 aliphatic heterocycles. The summed E-state index contributed by atoms with van der Waals surface area (Å²) in [5.74, 6) is 1.21. The minimum absolute atomic E-state index is 0.103. The van der Waals surface area contributed by atoms with Crippen LogP contribution in [-0.2, 0) is 0 Å². The third-order valence-corrected chi connectivity index (χ3v) is 4.17. The van der Waals surface area contributed by atoms with Gasteiger partial charge in [-0.1, -0.05) is 6.07 Å². The summed E-state index contributed by atoms with van der Waals surface area (Å²) in [6.07, 6.45) is 0. The van der Waals surface area contributed by atoms with Gasteiger partial charge >= 0.3 is 0 Å². The third-order valence-electron chi connectivity index (χ3n) is 4.17. The van der Waals surface area contributed by atoms with Crippen molar-refractivity contribution in [3.05, 3.63) is 29.3 Å². The van der Waals surface area contributed by atoms with E-state index in [0.717, 1.165) is 0 Å². The van der Waals surface area contributed by atoms with E-state index in [1.54, 1.807) is 18.2 Å². The van der Waals surface area contributed by atoms with Crippen molar-refractivity contribution in [3.8, 4) is 40.2 Å². The van der Waals surface area contributed by atoms with Gasteiger partial charge in [-0.3, -0.25) is 4.79 Å². The minimum Gasteiger partial charge on any atom is -0.493 e. The third kappa shape index (κ3) is 3.33. The fourth-order valence-electron chi connectivity index (χ4n) is 2.99. The topological polar surface area (TPSA) is 81.7 Å². The van der Waals surface area contributed by atoms with Crippen LogP contribution in [0.3, 0.4) is 0 Å². The summed E-state index contributed by atoms with van der Waals surface area (Å²) in [6.45, 7) is 0. The SMILES string of the molecule is COc1cccc(C(=O)c2c(OC)c(OC)c(OC)c(OC)c2OC)c1OC. The zero-order valence-electron chi connectivity index (χ0n) is 17.0. The van der Waals surface area contributed by atoms with Crippen molar-refractivity contribution in [3.63, 3.8) is 0 Å². The van der Waals surface area contributed by atoms with Crippen LogP contribution in [0.1, 0.15) is 15.9 Å². The Hall–Kier alpha value is -3.29. The molecule has 0 atom stereocenters. The van der Waals surface area contributed by atoms with E-state index in [-0.39, 0.29) is 45.6 Å². The molecular formula is C20H24O8. The first-order valence-corrected chi connectivity index (χ1v) is 8.23. The average molecular weight is 392 g/mol. The maximum Gasteiger partial charge on any atom is 0.211 e. The second-order valence-corrected chi connectivity index (χ2v) is 5.41. The number of rotatable bonds is 9. The van der Waals surface area contributed by atoms with Crippen LogP contribution in [0.2, 0.25) is 0 Å². The van der Waals surface area contributed by atoms with Crippen molar-refractivity contribution in [2.45, 2.75) is 0 Å². The van der Waals surface area contributed by atoms with Gasteiger partial charge < -0.3 is 33.2 Å². The van der Waals surface area contributed by atoms with Crippen LogP contribution in [0.25, 0.3) is 0 Å². The van der Waals surface area contributed by atoms with Crippen molar-refractivity contribution in [2.24, 2.45) is 0 Å². The van der Waals surface area contributed by atoms with Gasteiger partial charge in [0, 0.05) is 0 Å². The van der Waals surface area contributed by atoms with Gasteiger partial charge in [-0.15, -0.1) is 0 Å². The highest BCUT2D eigenvalue weighted by Crippen LogP contribution is 2.54. The first-order valence-electron chi connectivity index (χ1n) is 8.23. The normalized spacial score (nSPS) is 10.1. The molecule has 2 rings (SSSR count). The van der Waals surface area contributed by atoms with E-state index in [9.17, 15) is 4.79 Å². The van der Waals surface area contributed by atoms with Gasteiger partial charge in [0.15, 0.2) is 23.0 Å². The minimum atomic E-state index is -0.427. The summed E-state index contributed by atoms with van der Waals surface area (Å²) in [5.41, 5.74) is 0.360. The number of carbonyl (C=O) groups is 1. The summed E-state index contributed by atoms with van der Waals surface area (Å²) in [6, 6.07) is 5.00. The first kappa shape index (κ1) is 21.0. The van der Waals surface area contributed by atoms with Crippen LogP contribution < -0.4 is 33.2 Å². The zero-order valence-corrected chi connectivity index (χ0v) is 17.0. The molecule has 0 spiro atoms. The number of para-hydroxylation sites is 1. The molecule has 0 saturated heterocycles. The van der Waals surface area contributed by atoms with Crippen LogP contribution >= 0.6 is 0 Å². The van der Waals surface area contributed by atoms with E-state index in [4.69, 9.17) is 33.2 Å². The van der Waals surface area contributed by atoms with E-state index >= 15 is 0 Å². The molecule has 0 heterocycles. The van der Waals surface area contributed by atoms with E-state index in [1.165, 1.54) is 49.8 Å². The van der Waals surface area contributed by atoms with E-state index in [1.807, 2.05) is 0 Å². The summed E-state index contributed by atoms with van der Waals surface area (Å²) in [7, 11) is 10.1. The van der Waals surface area contributed by atoms with Crippen LogP contribution in [0, 0.1) is 0 Å². The number of hydrogen-bond donors (Lipinski definition) is 0. The first-order chi connectivity index (χ1) is 13.5. The average Bonchev–Trinajstić information content (AvgIpc) is 2.75. The molecule has 0 aliphatic carbocycles. The molecule has 28 heavy (non-hydrogen) atoms. The number of hydrogen-bond acceptors (Lipinski definition) is 8. The highest BCUT2D eigenvalue weighted by molar-refractivity contribution is 6.15. The predicted octanol–water partition coefficient (Wildman–Crippen LogP) is 2.98. The molecule has 0 aliphatic rings. The Morgan fingerprint density at radius 1 is 0.571 bits per heavy atom. The Bertz CT molecular complexity index is 827. The molecule has 0 amide bonds. The van der Waals surface area contributed by atoms with Gasteiger partial charge in [-0.25, -0.2) is 0 Å². The molecule has 8 heteroatoms. The second-order valence-electron chi connectivity index (χ2n) is 5.41. The Kier molecular flexibility index (Phi) is 6.81. The number of ketones is 1. The zero-order chi connectivity index (χ0) is 20.8. The lowest BCUT2D eigenvalue weighted by atomic mass is 9.98. The highest BCUT2D eigenvalue weighted by Gasteiger charge is 2.34. The standard InChI is InChI=1S/C20H24O8/c1-22-12-10-8-9-11(15(12)23-2)14(21)13-16(24-3)18(26-5)20(28-7)19(27-6)17(13)25-4/h8-10H,1-7H3. The van der Waals surface area contributed by atoms with Gasteiger partial charge in [0.05, 0.1) is 55.3 Å². The van der Waals surface area contributed by atoms with Gasteiger partial charge in [0.1, 0.15) is 5.56 Å². The molecule has 2 aromatic rings. The largest absolute Gasteiger partial charge is 0.493 e. The number of methoxy groups -OCH3 is 7.